The summed E-state index contributed by atoms with van der Waals surface area (Å²) in [5.41, 5.74) is 0.688. The maximum atomic E-state index is 13.9. The molecule has 3 rings (SSSR count). The molecule has 0 fully saturated rings. The van der Waals surface area contributed by atoms with Gasteiger partial charge >= 0.3 is 0 Å². The summed E-state index contributed by atoms with van der Waals surface area (Å²) in [6.45, 7) is 5.30. The van der Waals surface area contributed by atoms with Crippen LogP contribution in [0.4, 0.5) is 4.39 Å². The first-order chi connectivity index (χ1) is 14.4. The summed E-state index contributed by atoms with van der Waals surface area (Å²) in [5, 5.41) is 0.902. The normalized spacial score (nSPS) is 12.2. The lowest BCUT2D eigenvalue weighted by molar-refractivity contribution is 0.104. The second kappa shape index (κ2) is 9.24. The highest BCUT2D eigenvalue weighted by Gasteiger charge is 2.20. The van der Waals surface area contributed by atoms with Crippen LogP contribution >= 0.6 is 11.6 Å². The number of rotatable bonds is 6. The standard InChI is InChI=1S/C23H17ClFN3O2/c1-3-4-5-17(26-2)7-9-20(29)22-21(14-10-16(25)13-27-12-14)18-11-15(24)6-8-19(18)28-23(22)30/h3-13H,2H2,1H3,(H,28,30)/b4-3-,9-7+,17-5-. The zero-order valence-electron chi connectivity index (χ0n) is 16.0. The first-order valence-electron chi connectivity index (χ1n) is 8.93. The van der Waals surface area contributed by atoms with E-state index in [0.717, 1.165) is 6.20 Å². The highest BCUT2D eigenvalue weighted by Crippen LogP contribution is 2.31. The number of H-pyrrole nitrogens is 1. The summed E-state index contributed by atoms with van der Waals surface area (Å²) < 4.78 is 13.9. The maximum absolute atomic E-state index is 13.9. The number of pyridine rings is 2. The molecule has 0 spiro atoms. The summed E-state index contributed by atoms with van der Waals surface area (Å²) >= 11 is 6.14. The molecule has 0 amide bonds. The lowest BCUT2D eigenvalue weighted by atomic mass is 9.95. The van der Waals surface area contributed by atoms with Crippen molar-refractivity contribution in [3.63, 3.8) is 0 Å². The van der Waals surface area contributed by atoms with Crippen LogP contribution in [-0.4, -0.2) is 22.5 Å². The van der Waals surface area contributed by atoms with Gasteiger partial charge in [-0.2, -0.15) is 0 Å². The van der Waals surface area contributed by atoms with Crippen molar-refractivity contribution in [3.05, 3.63) is 99.5 Å². The summed E-state index contributed by atoms with van der Waals surface area (Å²) in [6, 6.07) is 6.06. The lowest BCUT2D eigenvalue weighted by Gasteiger charge is -2.11. The van der Waals surface area contributed by atoms with Gasteiger partial charge in [0.2, 0.25) is 0 Å². The number of nitrogens with zero attached hydrogens (tertiary/aromatic N) is 2. The van der Waals surface area contributed by atoms with Crippen molar-refractivity contribution in [2.24, 2.45) is 4.99 Å². The molecule has 0 radical (unpaired) electrons. The van der Waals surface area contributed by atoms with Crippen LogP contribution in [0.5, 0.6) is 0 Å². The van der Waals surface area contributed by atoms with Gasteiger partial charge in [-0.3, -0.25) is 19.6 Å². The Morgan fingerprint density at radius 1 is 1.27 bits per heavy atom. The second-order valence-corrected chi connectivity index (χ2v) is 6.70. The van der Waals surface area contributed by atoms with E-state index in [4.69, 9.17) is 11.6 Å². The second-order valence-electron chi connectivity index (χ2n) is 6.26. The van der Waals surface area contributed by atoms with E-state index < -0.39 is 17.2 Å². The molecule has 0 bridgehead atoms. The third-order valence-corrected chi connectivity index (χ3v) is 4.50. The van der Waals surface area contributed by atoms with Gasteiger partial charge in [-0.1, -0.05) is 23.8 Å². The summed E-state index contributed by atoms with van der Waals surface area (Å²) in [5.74, 6) is -1.17. The minimum Gasteiger partial charge on any atom is -0.321 e. The number of fused-ring (bicyclic) bond motifs is 1. The van der Waals surface area contributed by atoms with Crippen molar-refractivity contribution < 1.29 is 9.18 Å². The third-order valence-electron chi connectivity index (χ3n) is 4.26. The van der Waals surface area contributed by atoms with Crippen molar-refractivity contribution in [2.45, 2.75) is 6.92 Å². The SMILES string of the molecule is C=NC(=C\C=C/C)/C=C/C(=O)c1c(-c2cncc(F)c2)c2cc(Cl)ccc2[nH]c1=O. The quantitative estimate of drug-likeness (QED) is 0.254. The number of carbonyl (C=O) groups is 1. The van der Waals surface area contributed by atoms with E-state index in [1.807, 2.05) is 6.92 Å². The average molecular weight is 422 g/mol. The molecule has 0 saturated heterocycles. The van der Waals surface area contributed by atoms with Gasteiger partial charge in [0, 0.05) is 33.2 Å². The summed E-state index contributed by atoms with van der Waals surface area (Å²) in [6.07, 6.45) is 10.3. The number of allylic oxidation sites excluding steroid dienone is 5. The Morgan fingerprint density at radius 3 is 2.77 bits per heavy atom. The van der Waals surface area contributed by atoms with E-state index in [2.05, 4.69) is 21.7 Å². The molecule has 3 aromatic rings. The molecule has 0 aliphatic carbocycles. The Labute approximate surface area is 177 Å². The molecule has 0 unspecified atom stereocenters. The van der Waals surface area contributed by atoms with Gasteiger partial charge < -0.3 is 4.98 Å². The smallest absolute Gasteiger partial charge is 0.260 e. The summed E-state index contributed by atoms with van der Waals surface area (Å²) in [4.78, 5) is 36.2. The van der Waals surface area contributed by atoms with Crippen LogP contribution in [0.25, 0.3) is 22.0 Å². The molecule has 0 aliphatic heterocycles. The molecule has 1 N–H and O–H groups in total. The number of hydrogen-bond donors (Lipinski definition) is 1. The minimum absolute atomic E-state index is 0.150. The topological polar surface area (TPSA) is 75.2 Å². The molecule has 7 heteroatoms. The number of halogens is 2. The maximum Gasteiger partial charge on any atom is 0.260 e. The van der Waals surface area contributed by atoms with E-state index in [-0.39, 0.29) is 16.7 Å². The number of ketones is 1. The van der Waals surface area contributed by atoms with Crippen LogP contribution in [0.15, 0.2) is 82.5 Å². The van der Waals surface area contributed by atoms with Gasteiger partial charge in [0.05, 0.1) is 17.5 Å². The van der Waals surface area contributed by atoms with Crippen LogP contribution in [-0.2, 0) is 0 Å². The number of aromatic nitrogens is 2. The Hall–Kier alpha value is -3.64. The molecule has 0 aliphatic rings. The zero-order valence-corrected chi connectivity index (χ0v) is 16.8. The van der Waals surface area contributed by atoms with Gasteiger partial charge in [0.25, 0.3) is 5.56 Å². The van der Waals surface area contributed by atoms with E-state index in [1.54, 1.807) is 36.4 Å². The van der Waals surface area contributed by atoms with Gasteiger partial charge in [-0.15, -0.1) is 0 Å². The zero-order chi connectivity index (χ0) is 21.7. The molecular weight excluding hydrogens is 405 g/mol. The number of carbonyl (C=O) groups excluding carboxylic acids is 1. The summed E-state index contributed by atoms with van der Waals surface area (Å²) in [7, 11) is 0. The van der Waals surface area contributed by atoms with Gasteiger partial charge in [0.15, 0.2) is 5.78 Å². The highest BCUT2D eigenvalue weighted by atomic mass is 35.5. The van der Waals surface area contributed by atoms with Gasteiger partial charge in [-0.05, 0) is 56.1 Å². The van der Waals surface area contributed by atoms with Crippen molar-refractivity contribution >= 4 is 35.0 Å². The average Bonchev–Trinajstić information content (AvgIpc) is 2.73. The first kappa shape index (κ1) is 21.1. The Balaban J connectivity index is 2.27. The third kappa shape index (κ3) is 4.50. The van der Waals surface area contributed by atoms with Gasteiger partial charge in [0.1, 0.15) is 5.82 Å². The number of nitrogens with one attached hydrogen (secondary N) is 1. The van der Waals surface area contributed by atoms with E-state index >= 15 is 0 Å². The fourth-order valence-corrected chi connectivity index (χ4v) is 3.12. The molecule has 0 saturated carbocycles. The van der Waals surface area contributed by atoms with E-state index in [1.165, 1.54) is 24.4 Å². The monoisotopic (exact) mass is 421 g/mol. The fourth-order valence-electron chi connectivity index (χ4n) is 2.95. The molecule has 2 aromatic heterocycles. The minimum atomic E-state index is -0.607. The molecule has 150 valence electrons. The number of aromatic amines is 1. The van der Waals surface area contributed by atoms with Crippen molar-refractivity contribution in [1.29, 1.82) is 0 Å². The molecule has 5 nitrogen and oxygen atoms in total. The molecular formula is C23H17ClFN3O2. The predicted molar refractivity (Wildman–Crippen MR) is 119 cm³/mol. The Morgan fingerprint density at radius 2 is 2.07 bits per heavy atom. The van der Waals surface area contributed by atoms with Crippen LogP contribution < -0.4 is 5.56 Å². The highest BCUT2D eigenvalue weighted by molar-refractivity contribution is 6.31. The van der Waals surface area contributed by atoms with Crippen molar-refractivity contribution in [2.75, 3.05) is 0 Å². The number of aliphatic imine (C=N–C) groups is 1. The fraction of sp³-hybridized carbons (Fsp3) is 0.0435. The van der Waals surface area contributed by atoms with Crippen LogP contribution in [0.1, 0.15) is 17.3 Å². The molecule has 30 heavy (non-hydrogen) atoms. The predicted octanol–water partition coefficient (Wildman–Crippen LogP) is 5.28. The van der Waals surface area contributed by atoms with Crippen molar-refractivity contribution in [1.82, 2.24) is 9.97 Å². The Kier molecular flexibility index (Phi) is 6.49. The van der Waals surface area contributed by atoms with Crippen molar-refractivity contribution in [3.8, 4) is 11.1 Å². The number of hydrogen-bond acceptors (Lipinski definition) is 4. The van der Waals surface area contributed by atoms with Crippen LogP contribution in [0.2, 0.25) is 5.02 Å². The van der Waals surface area contributed by atoms with E-state index in [0.29, 0.717) is 21.6 Å². The lowest BCUT2D eigenvalue weighted by Crippen LogP contribution is -2.18. The molecule has 0 atom stereocenters. The largest absolute Gasteiger partial charge is 0.321 e. The van der Waals surface area contributed by atoms with Gasteiger partial charge in [-0.25, -0.2) is 4.39 Å². The van der Waals surface area contributed by atoms with Crippen LogP contribution in [0, 0.1) is 5.82 Å². The molecule has 1 aromatic carbocycles. The van der Waals surface area contributed by atoms with E-state index in [9.17, 15) is 14.0 Å². The van der Waals surface area contributed by atoms with Crippen LogP contribution in [0.3, 0.4) is 0 Å². The Bertz CT molecular complexity index is 1290. The molecule has 2 heterocycles. The number of benzene rings is 1. The first-order valence-corrected chi connectivity index (χ1v) is 9.31.